The highest BCUT2D eigenvalue weighted by Gasteiger charge is 2.22. The van der Waals surface area contributed by atoms with Crippen LogP contribution in [0.2, 0.25) is 0 Å². The highest BCUT2D eigenvalue weighted by Crippen LogP contribution is 2.15. The van der Waals surface area contributed by atoms with Gasteiger partial charge in [-0.1, -0.05) is 18.2 Å². The molecule has 0 radical (unpaired) electrons. The summed E-state index contributed by atoms with van der Waals surface area (Å²) in [6, 6.07) is 7.17. The molecule has 2 heterocycles. The molecule has 1 aliphatic rings. The van der Waals surface area contributed by atoms with E-state index in [1.165, 1.54) is 6.07 Å². The van der Waals surface area contributed by atoms with Crippen LogP contribution < -0.4 is 10.6 Å². The van der Waals surface area contributed by atoms with Crippen molar-refractivity contribution >= 4 is 17.7 Å². The molecule has 28 heavy (non-hydrogen) atoms. The van der Waals surface area contributed by atoms with Crippen molar-refractivity contribution in [3.05, 3.63) is 47.3 Å². The SMILES string of the molecule is CN=C(NCCSCc1ccccc1F)NC1CCc2nc(COC)nn2C1. The van der Waals surface area contributed by atoms with Gasteiger partial charge >= 0.3 is 0 Å². The fourth-order valence-corrected chi connectivity index (χ4v) is 3.94. The molecule has 0 fully saturated rings. The van der Waals surface area contributed by atoms with E-state index in [0.29, 0.717) is 12.4 Å². The third-order valence-electron chi connectivity index (χ3n) is 4.49. The summed E-state index contributed by atoms with van der Waals surface area (Å²) in [7, 11) is 3.41. The third kappa shape index (κ3) is 5.68. The maximum Gasteiger partial charge on any atom is 0.191 e. The lowest BCUT2D eigenvalue weighted by molar-refractivity contribution is 0.177. The van der Waals surface area contributed by atoms with Crippen molar-refractivity contribution in [1.82, 2.24) is 25.4 Å². The summed E-state index contributed by atoms with van der Waals surface area (Å²) in [4.78, 5) is 8.80. The number of benzene rings is 1. The van der Waals surface area contributed by atoms with Gasteiger partial charge in [-0.15, -0.1) is 0 Å². The fourth-order valence-electron chi connectivity index (χ4n) is 3.10. The van der Waals surface area contributed by atoms with Crippen molar-refractivity contribution in [3.8, 4) is 0 Å². The summed E-state index contributed by atoms with van der Waals surface area (Å²) in [6.45, 7) is 1.96. The van der Waals surface area contributed by atoms with E-state index in [0.717, 1.165) is 54.9 Å². The van der Waals surface area contributed by atoms with Gasteiger partial charge in [-0.2, -0.15) is 16.9 Å². The molecule has 0 bridgehead atoms. The maximum absolute atomic E-state index is 13.6. The molecule has 0 amide bonds. The van der Waals surface area contributed by atoms with Crippen LogP contribution in [0.15, 0.2) is 29.3 Å². The standard InChI is InChI=1S/C19H27FN6OS/c1-21-19(22-9-10-28-13-14-5-3-4-6-16(14)20)23-15-7-8-18-24-17(12-27-2)25-26(18)11-15/h3-6,15H,7-13H2,1-2H3,(H2,21,22,23). The molecule has 2 N–H and O–H groups in total. The number of guanidine groups is 1. The van der Waals surface area contributed by atoms with Crippen molar-refractivity contribution < 1.29 is 9.13 Å². The zero-order valence-corrected chi connectivity index (χ0v) is 17.1. The monoisotopic (exact) mass is 406 g/mol. The van der Waals surface area contributed by atoms with Crippen molar-refractivity contribution in [2.45, 2.75) is 37.8 Å². The highest BCUT2D eigenvalue weighted by atomic mass is 32.2. The number of fused-ring (bicyclic) bond motifs is 1. The molecule has 3 rings (SSSR count). The number of aryl methyl sites for hydroxylation is 1. The van der Waals surface area contributed by atoms with E-state index in [1.807, 2.05) is 16.8 Å². The van der Waals surface area contributed by atoms with Gasteiger partial charge in [-0.25, -0.2) is 14.1 Å². The normalized spacial score (nSPS) is 16.7. The van der Waals surface area contributed by atoms with Gasteiger partial charge in [0.1, 0.15) is 18.2 Å². The number of nitrogens with zero attached hydrogens (tertiary/aromatic N) is 4. The molecule has 0 spiro atoms. The molecule has 1 aromatic carbocycles. The second kappa shape index (κ2) is 10.4. The lowest BCUT2D eigenvalue weighted by atomic mass is 10.1. The molecule has 7 nitrogen and oxygen atoms in total. The fraction of sp³-hybridized carbons (Fsp3) is 0.526. The Hall–Kier alpha value is -2.13. The second-order valence-corrected chi connectivity index (χ2v) is 7.69. The number of ether oxygens (including phenoxy) is 1. The number of halogens is 1. The lowest BCUT2D eigenvalue weighted by Gasteiger charge is -2.25. The minimum Gasteiger partial charge on any atom is -0.377 e. The van der Waals surface area contributed by atoms with Gasteiger partial charge in [0, 0.05) is 44.7 Å². The molecule has 0 saturated carbocycles. The van der Waals surface area contributed by atoms with Crippen LogP contribution >= 0.6 is 11.8 Å². The van der Waals surface area contributed by atoms with Gasteiger partial charge in [0.05, 0.1) is 6.54 Å². The minimum absolute atomic E-state index is 0.140. The average Bonchev–Trinajstić information content (AvgIpc) is 3.10. The first kappa shape index (κ1) is 20.6. The number of hydrogen-bond donors (Lipinski definition) is 2. The largest absolute Gasteiger partial charge is 0.377 e. The Morgan fingerprint density at radius 3 is 3.07 bits per heavy atom. The molecule has 1 atom stereocenters. The summed E-state index contributed by atoms with van der Waals surface area (Å²) in [5.74, 6) is 3.91. The molecule has 1 aliphatic heterocycles. The van der Waals surface area contributed by atoms with Crippen LogP contribution in [-0.4, -0.2) is 53.2 Å². The summed E-state index contributed by atoms with van der Waals surface area (Å²) in [6.07, 6.45) is 1.86. The van der Waals surface area contributed by atoms with E-state index in [1.54, 1.807) is 32.0 Å². The van der Waals surface area contributed by atoms with Crippen molar-refractivity contribution in [2.75, 3.05) is 26.5 Å². The van der Waals surface area contributed by atoms with Crippen LogP contribution in [0.4, 0.5) is 4.39 Å². The quantitative estimate of drug-likeness (QED) is 0.397. The van der Waals surface area contributed by atoms with Gasteiger partial charge in [-0.3, -0.25) is 4.99 Å². The van der Waals surface area contributed by atoms with E-state index in [4.69, 9.17) is 4.74 Å². The molecular weight excluding hydrogens is 379 g/mol. The van der Waals surface area contributed by atoms with Gasteiger partial charge in [0.15, 0.2) is 11.8 Å². The Balaban J connectivity index is 1.39. The molecular formula is C19H27FN6OS. The summed E-state index contributed by atoms with van der Waals surface area (Å²) < 4.78 is 20.7. The Morgan fingerprint density at radius 2 is 2.29 bits per heavy atom. The number of methoxy groups -OCH3 is 1. The van der Waals surface area contributed by atoms with E-state index >= 15 is 0 Å². The van der Waals surface area contributed by atoms with Crippen LogP contribution in [0.3, 0.4) is 0 Å². The number of rotatable bonds is 8. The van der Waals surface area contributed by atoms with Crippen molar-refractivity contribution in [2.24, 2.45) is 4.99 Å². The van der Waals surface area contributed by atoms with Gasteiger partial charge in [0.25, 0.3) is 0 Å². The topological polar surface area (TPSA) is 76.4 Å². The number of nitrogens with one attached hydrogen (secondary N) is 2. The number of aromatic nitrogens is 3. The molecule has 0 saturated heterocycles. The van der Waals surface area contributed by atoms with Crippen LogP contribution in [0.5, 0.6) is 0 Å². The van der Waals surface area contributed by atoms with Gasteiger partial charge in [0.2, 0.25) is 0 Å². The zero-order chi connectivity index (χ0) is 19.8. The van der Waals surface area contributed by atoms with E-state index in [2.05, 4.69) is 25.7 Å². The summed E-state index contributed by atoms with van der Waals surface area (Å²) in [5, 5.41) is 11.3. The Morgan fingerprint density at radius 1 is 1.43 bits per heavy atom. The molecule has 1 aromatic heterocycles. The number of hydrogen-bond acceptors (Lipinski definition) is 5. The predicted molar refractivity (Wildman–Crippen MR) is 110 cm³/mol. The summed E-state index contributed by atoms with van der Waals surface area (Å²) >= 11 is 1.70. The smallest absolute Gasteiger partial charge is 0.191 e. The molecule has 9 heteroatoms. The molecule has 2 aromatic rings. The van der Waals surface area contributed by atoms with Crippen LogP contribution in [-0.2, 0) is 30.1 Å². The Kier molecular flexibility index (Phi) is 7.67. The highest BCUT2D eigenvalue weighted by molar-refractivity contribution is 7.98. The first-order valence-electron chi connectivity index (χ1n) is 9.39. The average molecular weight is 407 g/mol. The number of thioether (sulfide) groups is 1. The molecule has 0 aliphatic carbocycles. The van der Waals surface area contributed by atoms with E-state index in [-0.39, 0.29) is 11.9 Å². The van der Waals surface area contributed by atoms with E-state index in [9.17, 15) is 4.39 Å². The number of aliphatic imine (C=N–C) groups is 1. The molecule has 152 valence electrons. The van der Waals surface area contributed by atoms with Gasteiger partial charge < -0.3 is 15.4 Å². The first-order valence-corrected chi connectivity index (χ1v) is 10.5. The van der Waals surface area contributed by atoms with Crippen LogP contribution in [0.1, 0.15) is 23.6 Å². The van der Waals surface area contributed by atoms with Crippen molar-refractivity contribution in [1.29, 1.82) is 0 Å². The Bertz CT molecular complexity index is 796. The van der Waals surface area contributed by atoms with Gasteiger partial charge in [-0.05, 0) is 18.1 Å². The third-order valence-corrected chi connectivity index (χ3v) is 5.50. The minimum atomic E-state index is -0.140. The van der Waals surface area contributed by atoms with E-state index < -0.39 is 0 Å². The predicted octanol–water partition coefficient (Wildman–Crippen LogP) is 1.98. The lowest BCUT2D eigenvalue weighted by Crippen LogP contribution is -2.47. The summed E-state index contributed by atoms with van der Waals surface area (Å²) in [5.41, 5.74) is 0.744. The second-order valence-electron chi connectivity index (χ2n) is 6.58. The maximum atomic E-state index is 13.6. The van der Waals surface area contributed by atoms with Crippen molar-refractivity contribution in [3.63, 3.8) is 0 Å². The zero-order valence-electron chi connectivity index (χ0n) is 16.3. The first-order chi connectivity index (χ1) is 13.7. The Labute approximate surface area is 169 Å². The van der Waals surface area contributed by atoms with Crippen LogP contribution in [0.25, 0.3) is 0 Å². The van der Waals surface area contributed by atoms with Crippen LogP contribution in [0, 0.1) is 5.82 Å². The molecule has 1 unspecified atom stereocenters.